The van der Waals surface area contributed by atoms with E-state index in [0.29, 0.717) is 18.0 Å². The highest BCUT2D eigenvalue weighted by molar-refractivity contribution is 5.77. The highest BCUT2D eigenvalue weighted by Crippen LogP contribution is 2.26. The lowest BCUT2D eigenvalue weighted by molar-refractivity contribution is 0.0919. The average Bonchev–Trinajstić information content (AvgIpc) is 2.95. The van der Waals surface area contributed by atoms with Crippen LogP contribution in [0, 0.1) is 13.8 Å². The Morgan fingerprint density at radius 1 is 1.12 bits per heavy atom. The van der Waals surface area contributed by atoms with E-state index in [2.05, 4.69) is 31.0 Å². The van der Waals surface area contributed by atoms with Crippen molar-refractivity contribution in [3.8, 4) is 11.5 Å². The first-order valence-electron chi connectivity index (χ1n) is 7.94. The highest BCUT2D eigenvalue weighted by Gasteiger charge is 2.12. The molecule has 1 aromatic heterocycles. The van der Waals surface area contributed by atoms with E-state index < -0.39 is 6.10 Å². The number of para-hydroxylation sites is 2. The van der Waals surface area contributed by atoms with E-state index >= 15 is 0 Å². The third-order valence-electron chi connectivity index (χ3n) is 4.14. The van der Waals surface area contributed by atoms with Gasteiger partial charge in [0, 0.05) is 0 Å². The van der Waals surface area contributed by atoms with Gasteiger partial charge in [-0.2, -0.15) is 0 Å². The summed E-state index contributed by atoms with van der Waals surface area (Å²) in [6, 6.07) is 11.6. The van der Waals surface area contributed by atoms with Gasteiger partial charge in [0.05, 0.1) is 31.0 Å². The van der Waals surface area contributed by atoms with E-state index in [1.807, 2.05) is 28.8 Å². The third kappa shape index (κ3) is 3.36. The lowest BCUT2D eigenvalue weighted by atomic mass is 10.1. The summed E-state index contributed by atoms with van der Waals surface area (Å²) in [5, 5.41) is 10.3. The third-order valence-corrected chi connectivity index (χ3v) is 4.14. The molecule has 0 spiro atoms. The number of fused-ring (bicyclic) bond motifs is 1. The molecule has 1 atom stereocenters. The van der Waals surface area contributed by atoms with Crippen molar-refractivity contribution in [2.24, 2.45) is 0 Å². The second-order valence-electron chi connectivity index (χ2n) is 5.94. The van der Waals surface area contributed by atoms with Gasteiger partial charge in [0.15, 0.2) is 11.5 Å². The van der Waals surface area contributed by atoms with Crippen molar-refractivity contribution < 1.29 is 14.6 Å². The molecule has 5 heteroatoms. The number of ether oxygens (including phenoxy) is 2. The van der Waals surface area contributed by atoms with Gasteiger partial charge in [-0.15, -0.1) is 0 Å². The van der Waals surface area contributed by atoms with Crippen LogP contribution in [0.25, 0.3) is 11.0 Å². The Balaban J connectivity index is 1.69. The molecule has 0 radical (unpaired) electrons. The monoisotopic (exact) mass is 326 g/mol. The zero-order chi connectivity index (χ0) is 17.1. The number of hydrogen-bond donors (Lipinski definition) is 1. The first kappa shape index (κ1) is 16.3. The fourth-order valence-corrected chi connectivity index (χ4v) is 2.66. The Morgan fingerprint density at radius 2 is 1.83 bits per heavy atom. The van der Waals surface area contributed by atoms with Crippen LogP contribution in [0.15, 0.2) is 42.7 Å². The normalized spacial score (nSPS) is 12.3. The van der Waals surface area contributed by atoms with Gasteiger partial charge in [-0.05, 0) is 49.2 Å². The van der Waals surface area contributed by atoms with Crippen molar-refractivity contribution in [1.29, 1.82) is 0 Å². The largest absolute Gasteiger partial charge is 0.493 e. The van der Waals surface area contributed by atoms with Crippen molar-refractivity contribution in [3.05, 3.63) is 53.9 Å². The van der Waals surface area contributed by atoms with Crippen LogP contribution in [0.4, 0.5) is 0 Å². The van der Waals surface area contributed by atoms with Gasteiger partial charge in [-0.1, -0.05) is 12.1 Å². The van der Waals surface area contributed by atoms with Crippen LogP contribution in [0.2, 0.25) is 0 Å². The number of imidazole rings is 1. The molecule has 0 saturated carbocycles. The molecule has 0 aliphatic carbocycles. The summed E-state index contributed by atoms with van der Waals surface area (Å²) in [4.78, 5) is 4.41. The molecule has 3 aromatic rings. The molecule has 0 saturated heterocycles. The van der Waals surface area contributed by atoms with E-state index in [-0.39, 0.29) is 6.61 Å². The molecule has 1 unspecified atom stereocenters. The molecular weight excluding hydrogens is 304 g/mol. The molecule has 1 N–H and O–H groups in total. The number of aromatic nitrogens is 2. The molecule has 0 fully saturated rings. The molecule has 0 aliphatic heterocycles. The van der Waals surface area contributed by atoms with Crippen molar-refractivity contribution in [3.63, 3.8) is 0 Å². The Kier molecular flexibility index (Phi) is 4.71. The molecular formula is C19H22N2O3. The Labute approximate surface area is 141 Å². The zero-order valence-electron chi connectivity index (χ0n) is 14.2. The number of aryl methyl sites for hydroxylation is 2. The molecule has 24 heavy (non-hydrogen) atoms. The smallest absolute Gasteiger partial charge is 0.161 e. The van der Waals surface area contributed by atoms with Gasteiger partial charge in [0.25, 0.3) is 0 Å². The molecule has 3 rings (SSSR count). The number of nitrogens with zero attached hydrogens (tertiary/aromatic N) is 2. The minimum atomic E-state index is -0.645. The summed E-state index contributed by atoms with van der Waals surface area (Å²) in [6.07, 6.45) is 1.12. The number of methoxy groups -OCH3 is 1. The van der Waals surface area contributed by atoms with Crippen LogP contribution in [0.3, 0.4) is 0 Å². The van der Waals surface area contributed by atoms with Crippen LogP contribution in [-0.2, 0) is 6.54 Å². The topological polar surface area (TPSA) is 56.5 Å². The molecule has 0 bridgehead atoms. The zero-order valence-corrected chi connectivity index (χ0v) is 14.2. The summed E-state index contributed by atoms with van der Waals surface area (Å²) >= 11 is 0. The predicted octanol–water partition coefficient (Wildman–Crippen LogP) is 3.10. The van der Waals surface area contributed by atoms with Crippen molar-refractivity contribution >= 4 is 11.0 Å². The summed E-state index contributed by atoms with van der Waals surface area (Å²) in [5.74, 6) is 1.28. The first-order valence-corrected chi connectivity index (χ1v) is 7.94. The van der Waals surface area contributed by atoms with Gasteiger partial charge >= 0.3 is 0 Å². The fourth-order valence-electron chi connectivity index (χ4n) is 2.66. The summed E-state index contributed by atoms with van der Waals surface area (Å²) in [7, 11) is 1.60. The van der Waals surface area contributed by atoms with Crippen LogP contribution in [-0.4, -0.2) is 34.5 Å². The predicted molar refractivity (Wildman–Crippen MR) is 93.7 cm³/mol. The molecule has 1 heterocycles. The Hall–Kier alpha value is -2.53. The standard InChI is InChI=1S/C19H22N2O3/c1-13-8-16-17(9-14(13)2)21(12-20-16)10-15(22)11-24-19-7-5-4-6-18(19)23-3/h4-9,12,15,22H,10-11H2,1-3H3. The second-order valence-corrected chi connectivity index (χ2v) is 5.94. The maximum absolute atomic E-state index is 10.3. The number of benzene rings is 2. The number of aliphatic hydroxyl groups excluding tert-OH is 1. The molecule has 0 amide bonds. The van der Waals surface area contributed by atoms with E-state index in [0.717, 1.165) is 11.0 Å². The SMILES string of the molecule is COc1ccccc1OCC(O)Cn1cnc2cc(C)c(C)cc21. The van der Waals surface area contributed by atoms with Crippen molar-refractivity contribution in [1.82, 2.24) is 9.55 Å². The Bertz CT molecular complexity index is 842. The first-order chi connectivity index (χ1) is 11.6. The van der Waals surface area contributed by atoms with Gasteiger partial charge in [-0.3, -0.25) is 0 Å². The summed E-state index contributed by atoms with van der Waals surface area (Å²) < 4.78 is 12.9. The van der Waals surface area contributed by atoms with Crippen molar-refractivity contribution in [2.45, 2.75) is 26.5 Å². The number of rotatable bonds is 6. The van der Waals surface area contributed by atoms with Crippen LogP contribution >= 0.6 is 0 Å². The molecule has 5 nitrogen and oxygen atoms in total. The highest BCUT2D eigenvalue weighted by atomic mass is 16.5. The Morgan fingerprint density at radius 3 is 2.58 bits per heavy atom. The minimum Gasteiger partial charge on any atom is -0.493 e. The summed E-state index contributed by atoms with van der Waals surface area (Å²) in [5.41, 5.74) is 4.39. The van der Waals surface area contributed by atoms with E-state index in [9.17, 15) is 5.11 Å². The molecule has 0 aliphatic rings. The molecule has 2 aromatic carbocycles. The van der Waals surface area contributed by atoms with Crippen LogP contribution in [0.5, 0.6) is 11.5 Å². The average molecular weight is 326 g/mol. The van der Waals surface area contributed by atoms with Gasteiger partial charge < -0.3 is 19.1 Å². The minimum absolute atomic E-state index is 0.185. The molecule has 126 valence electrons. The fraction of sp³-hybridized carbons (Fsp3) is 0.316. The lowest BCUT2D eigenvalue weighted by Crippen LogP contribution is -2.23. The number of hydrogen-bond acceptors (Lipinski definition) is 4. The lowest BCUT2D eigenvalue weighted by Gasteiger charge is -2.15. The summed E-state index contributed by atoms with van der Waals surface area (Å²) in [6.45, 7) is 4.76. The quantitative estimate of drug-likeness (QED) is 0.756. The van der Waals surface area contributed by atoms with Crippen molar-refractivity contribution in [2.75, 3.05) is 13.7 Å². The number of aliphatic hydroxyl groups is 1. The van der Waals surface area contributed by atoms with E-state index in [1.165, 1.54) is 11.1 Å². The second kappa shape index (κ2) is 6.93. The maximum Gasteiger partial charge on any atom is 0.161 e. The van der Waals surface area contributed by atoms with Gasteiger partial charge in [-0.25, -0.2) is 4.98 Å². The van der Waals surface area contributed by atoms with E-state index in [1.54, 1.807) is 13.4 Å². The van der Waals surface area contributed by atoms with Crippen LogP contribution < -0.4 is 9.47 Å². The van der Waals surface area contributed by atoms with E-state index in [4.69, 9.17) is 9.47 Å². The maximum atomic E-state index is 10.3. The van der Waals surface area contributed by atoms with Crippen LogP contribution in [0.1, 0.15) is 11.1 Å². The van der Waals surface area contributed by atoms with Gasteiger partial charge in [0.2, 0.25) is 0 Å². The van der Waals surface area contributed by atoms with Gasteiger partial charge in [0.1, 0.15) is 12.7 Å².